The fourth-order valence-corrected chi connectivity index (χ4v) is 2.58. The van der Waals surface area contributed by atoms with Crippen molar-refractivity contribution in [2.45, 2.75) is 20.4 Å². The zero-order chi connectivity index (χ0) is 17.5. The number of piperazine rings is 1. The highest BCUT2D eigenvalue weighted by Gasteiger charge is 2.20. The van der Waals surface area contributed by atoms with Crippen LogP contribution in [0.25, 0.3) is 0 Å². The van der Waals surface area contributed by atoms with Crippen molar-refractivity contribution in [2.75, 3.05) is 32.7 Å². The topological polar surface area (TPSA) is 71.7 Å². The molecule has 0 saturated carbocycles. The smallest absolute Gasteiger partial charge is 0.219 e. The van der Waals surface area contributed by atoms with Crippen LogP contribution in [0.4, 0.5) is 4.39 Å². The number of carbonyl (C=O) groups excluding carboxylic acids is 1. The van der Waals surface area contributed by atoms with E-state index in [4.69, 9.17) is 5.26 Å². The van der Waals surface area contributed by atoms with Crippen LogP contribution in [0.2, 0.25) is 0 Å². The third kappa shape index (κ3) is 5.85. The van der Waals surface area contributed by atoms with E-state index in [1.54, 1.807) is 11.8 Å². The predicted molar refractivity (Wildman–Crippen MR) is 105 cm³/mol. The molecule has 136 valence electrons. The summed E-state index contributed by atoms with van der Waals surface area (Å²) in [7, 11) is 0. The summed E-state index contributed by atoms with van der Waals surface area (Å²) in [5, 5.41) is 12.1. The average molecular weight is 459 g/mol. The first-order valence-electron chi connectivity index (χ1n) is 8.02. The van der Waals surface area contributed by atoms with Crippen LogP contribution in [0.3, 0.4) is 0 Å². The molecule has 0 radical (unpaired) electrons. The molecule has 0 aliphatic carbocycles. The van der Waals surface area contributed by atoms with Crippen molar-refractivity contribution >= 4 is 35.8 Å². The number of carbonyl (C=O) groups is 1. The second-order valence-corrected chi connectivity index (χ2v) is 5.58. The third-order valence-electron chi connectivity index (χ3n) is 3.93. The maximum atomic E-state index is 13.9. The molecule has 1 heterocycles. The van der Waals surface area contributed by atoms with Crippen LogP contribution < -0.4 is 5.32 Å². The van der Waals surface area contributed by atoms with Crippen LogP contribution in [0.5, 0.6) is 0 Å². The lowest BCUT2D eigenvalue weighted by Gasteiger charge is -2.36. The molecule has 1 aliphatic heterocycles. The lowest BCUT2D eigenvalue weighted by Crippen LogP contribution is -2.53. The van der Waals surface area contributed by atoms with Crippen molar-refractivity contribution in [3.8, 4) is 6.07 Å². The van der Waals surface area contributed by atoms with Crippen LogP contribution in [0, 0.1) is 17.1 Å². The number of amides is 1. The number of rotatable bonds is 3. The first-order valence-corrected chi connectivity index (χ1v) is 8.02. The lowest BCUT2D eigenvalue weighted by atomic mass is 10.1. The lowest BCUT2D eigenvalue weighted by molar-refractivity contribution is -0.130. The van der Waals surface area contributed by atoms with E-state index in [2.05, 4.69) is 15.2 Å². The van der Waals surface area contributed by atoms with Gasteiger partial charge in [0.05, 0.1) is 18.2 Å². The van der Waals surface area contributed by atoms with Crippen molar-refractivity contribution in [2.24, 2.45) is 4.99 Å². The number of nitrogens with one attached hydrogen (secondary N) is 1. The van der Waals surface area contributed by atoms with Gasteiger partial charge in [0.25, 0.3) is 0 Å². The zero-order valence-corrected chi connectivity index (χ0v) is 16.8. The molecule has 25 heavy (non-hydrogen) atoms. The minimum absolute atomic E-state index is 0. The SMILES string of the molecule is CCNC(=NCc1cc(C#N)ccc1F)N1CCN(C(C)=O)CC1.I. The Morgan fingerprint density at radius 3 is 2.52 bits per heavy atom. The third-order valence-corrected chi connectivity index (χ3v) is 3.93. The number of aliphatic imine (C=N–C) groups is 1. The van der Waals surface area contributed by atoms with Gasteiger partial charge < -0.3 is 15.1 Å². The van der Waals surface area contributed by atoms with Gasteiger partial charge >= 0.3 is 0 Å². The molecule has 0 atom stereocenters. The van der Waals surface area contributed by atoms with Crippen molar-refractivity contribution < 1.29 is 9.18 Å². The largest absolute Gasteiger partial charge is 0.357 e. The molecule has 0 bridgehead atoms. The number of hydrogen-bond donors (Lipinski definition) is 1. The number of guanidine groups is 1. The van der Waals surface area contributed by atoms with Crippen LogP contribution in [-0.4, -0.2) is 54.4 Å². The van der Waals surface area contributed by atoms with Gasteiger partial charge in [-0.15, -0.1) is 24.0 Å². The van der Waals surface area contributed by atoms with Gasteiger partial charge in [-0.05, 0) is 25.1 Å². The Bertz CT molecular complexity index is 665. The van der Waals surface area contributed by atoms with Crippen molar-refractivity contribution in [1.29, 1.82) is 5.26 Å². The number of benzene rings is 1. The molecule has 0 unspecified atom stereocenters. The Hall–Kier alpha value is -1.89. The molecule has 1 saturated heterocycles. The van der Waals surface area contributed by atoms with E-state index < -0.39 is 0 Å². The molecule has 1 aliphatic rings. The van der Waals surface area contributed by atoms with Crippen molar-refractivity contribution in [3.63, 3.8) is 0 Å². The van der Waals surface area contributed by atoms with Crippen molar-refractivity contribution in [3.05, 3.63) is 35.1 Å². The highest BCUT2D eigenvalue weighted by molar-refractivity contribution is 14.0. The monoisotopic (exact) mass is 459 g/mol. The Morgan fingerprint density at radius 1 is 1.32 bits per heavy atom. The average Bonchev–Trinajstić information content (AvgIpc) is 2.60. The Balaban J connectivity index is 0.00000312. The number of nitrogens with zero attached hydrogens (tertiary/aromatic N) is 4. The predicted octanol–water partition coefficient (Wildman–Crippen LogP) is 1.94. The standard InChI is InChI=1S/C17H22FN5O.HI/c1-3-20-17(23-8-6-22(7-9-23)13(2)24)21-12-15-10-14(11-19)4-5-16(15)18;/h4-5,10H,3,6-9,12H2,1-2H3,(H,20,21);1H. The first-order chi connectivity index (χ1) is 11.5. The summed E-state index contributed by atoms with van der Waals surface area (Å²) in [4.78, 5) is 19.8. The summed E-state index contributed by atoms with van der Waals surface area (Å²) in [6, 6.07) is 6.28. The molecule has 1 amide bonds. The van der Waals surface area contributed by atoms with E-state index in [9.17, 15) is 9.18 Å². The van der Waals surface area contributed by atoms with E-state index in [1.807, 2.05) is 13.0 Å². The van der Waals surface area contributed by atoms with Gasteiger partial charge in [-0.3, -0.25) is 4.79 Å². The highest BCUT2D eigenvalue weighted by Crippen LogP contribution is 2.12. The molecule has 0 spiro atoms. The maximum Gasteiger partial charge on any atom is 0.219 e. The Morgan fingerprint density at radius 2 is 1.96 bits per heavy atom. The zero-order valence-electron chi connectivity index (χ0n) is 14.5. The number of halogens is 2. The summed E-state index contributed by atoms with van der Waals surface area (Å²) < 4.78 is 13.9. The van der Waals surface area contributed by atoms with Gasteiger partial charge in [-0.25, -0.2) is 9.38 Å². The van der Waals surface area contributed by atoms with Gasteiger partial charge in [-0.1, -0.05) is 0 Å². The molecule has 6 nitrogen and oxygen atoms in total. The fraction of sp³-hybridized carbons (Fsp3) is 0.471. The highest BCUT2D eigenvalue weighted by atomic mass is 127. The molecule has 2 rings (SSSR count). The summed E-state index contributed by atoms with van der Waals surface area (Å²) >= 11 is 0. The molecule has 1 N–H and O–H groups in total. The Labute approximate surface area is 164 Å². The van der Waals surface area contributed by atoms with Crippen molar-refractivity contribution in [1.82, 2.24) is 15.1 Å². The fourth-order valence-electron chi connectivity index (χ4n) is 2.58. The maximum absolute atomic E-state index is 13.9. The van der Waals surface area contributed by atoms with Gasteiger partial charge in [0.2, 0.25) is 5.91 Å². The van der Waals surface area contributed by atoms with Gasteiger partial charge in [0.15, 0.2) is 5.96 Å². The summed E-state index contributed by atoms with van der Waals surface area (Å²) in [5.41, 5.74) is 0.813. The molecule has 1 fully saturated rings. The summed E-state index contributed by atoms with van der Waals surface area (Å²) in [6.07, 6.45) is 0. The van der Waals surface area contributed by atoms with Gasteiger partial charge in [-0.2, -0.15) is 5.26 Å². The van der Waals surface area contributed by atoms with Crippen LogP contribution in [0.15, 0.2) is 23.2 Å². The van der Waals surface area contributed by atoms with E-state index in [0.717, 1.165) is 0 Å². The number of hydrogen-bond acceptors (Lipinski definition) is 3. The molecule has 1 aromatic carbocycles. The van der Waals surface area contributed by atoms with Gasteiger partial charge in [0, 0.05) is 45.2 Å². The van der Waals surface area contributed by atoms with E-state index in [0.29, 0.717) is 49.8 Å². The second-order valence-electron chi connectivity index (χ2n) is 5.58. The van der Waals surface area contributed by atoms with Crippen LogP contribution in [0.1, 0.15) is 25.0 Å². The quantitative estimate of drug-likeness (QED) is 0.426. The molecular formula is C17H23FIN5O. The summed E-state index contributed by atoms with van der Waals surface area (Å²) in [6.45, 7) is 7.08. The minimum Gasteiger partial charge on any atom is -0.357 e. The van der Waals surface area contributed by atoms with Crippen LogP contribution >= 0.6 is 24.0 Å². The normalized spacial score (nSPS) is 14.6. The minimum atomic E-state index is -0.366. The van der Waals surface area contributed by atoms with E-state index >= 15 is 0 Å². The van der Waals surface area contributed by atoms with Gasteiger partial charge in [0.1, 0.15) is 5.82 Å². The van der Waals surface area contributed by atoms with Crippen LogP contribution in [-0.2, 0) is 11.3 Å². The molecule has 8 heteroatoms. The molecule has 0 aromatic heterocycles. The van der Waals surface area contributed by atoms with E-state index in [-0.39, 0.29) is 42.2 Å². The number of nitriles is 1. The summed E-state index contributed by atoms with van der Waals surface area (Å²) in [5.74, 6) is 0.407. The first kappa shape index (κ1) is 21.2. The second kappa shape index (κ2) is 10.2. The molecular weight excluding hydrogens is 436 g/mol. The molecule has 1 aromatic rings. The van der Waals surface area contributed by atoms with E-state index in [1.165, 1.54) is 18.2 Å². The Kier molecular flexibility index (Phi) is 8.61.